The molecule has 0 aliphatic carbocycles. The van der Waals surface area contributed by atoms with Crippen molar-refractivity contribution in [3.8, 4) is 0 Å². The van der Waals surface area contributed by atoms with Gasteiger partial charge in [0.25, 0.3) is 0 Å². The quantitative estimate of drug-likeness (QED) is 0.367. The van der Waals surface area contributed by atoms with E-state index in [2.05, 4.69) is 6.92 Å². The van der Waals surface area contributed by atoms with E-state index in [9.17, 15) is 9.59 Å². The number of benzene rings is 1. The van der Waals surface area contributed by atoms with Gasteiger partial charge in [0.15, 0.2) is 0 Å². The van der Waals surface area contributed by atoms with E-state index in [1.807, 2.05) is 31.2 Å². The molecule has 4 heteroatoms. The van der Waals surface area contributed by atoms with Crippen LogP contribution in [0.15, 0.2) is 24.3 Å². The maximum Gasteiger partial charge on any atom is 0.306 e. The molecule has 0 unspecified atom stereocenters. The largest absolute Gasteiger partial charge is 0.466 e. The third kappa shape index (κ3) is 11.4. The highest BCUT2D eigenvalue weighted by Crippen LogP contribution is 2.08. The van der Waals surface area contributed by atoms with E-state index < -0.39 is 0 Å². The lowest BCUT2D eigenvalue weighted by Gasteiger charge is -2.06. The Morgan fingerprint density at radius 3 is 2.00 bits per heavy atom. The van der Waals surface area contributed by atoms with Gasteiger partial charge in [0, 0.05) is 0 Å². The zero-order chi connectivity index (χ0) is 18.3. The van der Waals surface area contributed by atoms with Crippen LogP contribution >= 0.6 is 0 Å². The number of ether oxygens (including phenoxy) is 2. The lowest BCUT2D eigenvalue weighted by atomic mass is 10.1. The topological polar surface area (TPSA) is 52.6 Å². The molecule has 0 amide bonds. The zero-order valence-electron chi connectivity index (χ0n) is 15.7. The molecule has 1 aromatic carbocycles. The van der Waals surface area contributed by atoms with Gasteiger partial charge in [0.1, 0.15) is 6.61 Å². The zero-order valence-corrected chi connectivity index (χ0v) is 15.7. The minimum Gasteiger partial charge on any atom is -0.466 e. The molecule has 0 N–H and O–H groups in total. The highest BCUT2D eigenvalue weighted by atomic mass is 16.5. The van der Waals surface area contributed by atoms with Crippen molar-refractivity contribution in [1.82, 2.24) is 0 Å². The molecule has 0 fully saturated rings. The standard InChI is InChI=1S/C21H32O4/c1-3-4-5-6-7-8-9-16-24-20(22)14-15-21(23)25-17-19-12-10-18(2)11-13-19/h10-13H,3-9,14-17H2,1-2H3. The van der Waals surface area contributed by atoms with Crippen LogP contribution in [0.5, 0.6) is 0 Å². The van der Waals surface area contributed by atoms with Crippen LogP contribution < -0.4 is 0 Å². The summed E-state index contributed by atoms with van der Waals surface area (Å²) in [6.45, 7) is 4.91. The van der Waals surface area contributed by atoms with Crippen molar-refractivity contribution in [3.63, 3.8) is 0 Å². The van der Waals surface area contributed by atoms with E-state index in [1.165, 1.54) is 37.7 Å². The summed E-state index contributed by atoms with van der Waals surface area (Å²) in [4.78, 5) is 23.3. The summed E-state index contributed by atoms with van der Waals surface area (Å²) in [6, 6.07) is 7.81. The van der Waals surface area contributed by atoms with E-state index in [4.69, 9.17) is 9.47 Å². The Kier molecular flexibility index (Phi) is 11.4. The van der Waals surface area contributed by atoms with Crippen molar-refractivity contribution in [2.45, 2.75) is 78.2 Å². The van der Waals surface area contributed by atoms with Crippen LogP contribution in [0, 0.1) is 6.92 Å². The third-order valence-corrected chi connectivity index (χ3v) is 4.06. The summed E-state index contributed by atoms with van der Waals surface area (Å²) in [6.07, 6.45) is 8.45. The van der Waals surface area contributed by atoms with Crippen molar-refractivity contribution in [1.29, 1.82) is 0 Å². The summed E-state index contributed by atoms with van der Waals surface area (Å²) < 4.78 is 10.3. The molecule has 0 saturated carbocycles. The lowest BCUT2D eigenvalue weighted by molar-refractivity contribution is -0.151. The number of aryl methyl sites for hydroxylation is 1. The Balaban J connectivity index is 1.99. The highest BCUT2D eigenvalue weighted by molar-refractivity contribution is 5.77. The van der Waals surface area contributed by atoms with Crippen molar-refractivity contribution < 1.29 is 19.1 Å². The minimum absolute atomic E-state index is 0.0711. The molecule has 0 atom stereocenters. The Morgan fingerprint density at radius 2 is 1.36 bits per heavy atom. The molecular weight excluding hydrogens is 316 g/mol. The van der Waals surface area contributed by atoms with E-state index in [-0.39, 0.29) is 31.4 Å². The van der Waals surface area contributed by atoms with Gasteiger partial charge in [-0.25, -0.2) is 0 Å². The first-order valence-corrected chi connectivity index (χ1v) is 9.48. The fourth-order valence-electron chi connectivity index (χ4n) is 2.44. The minimum atomic E-state index is -0.367. The van der Waals surface area contributed by atoms with E-state index in [1.54, 1.807) is 0 Å². The Morgan fingerprint density at radius 1 is 0.800 bits per heavy atom. The molecule has 25 heavy (non-hydrogen) atoms. The van der Waals surface area contributed by atoms with Crippen LogP contribution in [0.2, 0.25) is 0 Å². The van der Waals surface area contributed by atoms with Gasteiger partial charge in [-0.3, -0.25) is 9.59 Å². The van der Waals surface area contributed by atoms with Gasteiger partial charge in [-0.2, -0.15) is 0 Å². The normalized spacial score (nSPS) is 10.5. The molecule has 0 aliphatic rings. The van der Waals surface area contributed by atoms with E-state index in [0.717, 1.165) is 18.4 Å². The summed E-state index contributed by atoms with van der Waals surface area (Å²) in [5, 5.41) is 0. The fraction of sp³-hybridized carbons (Fsp3) is 0.619. The number of unbranched alkanes of at least 4 members (excludes halogenated alkanes) is 6. The number of carbonyl (C=O) groups excluding carboxylic acids is 2. The smallest absolute Gasteiger partial charge is 0.306 e. The molecule has 1 aromatic rings. The highest BCUT2D eigenvalue weighted by Gasteiger charge is 2.09. The van der Waals surface area contributed by atoms with Crippen LogP contribution in [0.4, 0.5) is 0 Å². The van der Waals surface area contributed by atoms with Crippen LogP contribution in [-0.2, 0) is 25.7 Å². The van der Waals surface area contributed by atoms with E-state index in [0.29, 0.717) is 6.61 Å². The van der Waals surface area contributed by atoms with Crippen molar-refractivity contribution in [3.05, 3.63) is 35.4 Å². The van der Waals surface area contributed by atoms with Crippen molar-refractivity contribution >= 4 is 11.9 Å². The molecule has 0 radical (unpaired) electrons. The lowest BCUT2D eigenvalue weighted by Crippen LogP contribution is -2.11. The number of rotatable bonds is 13. The predicted octanol–water partition coefficient (Wildman–Crippen LogP) is 5.11. The van der Waals surface area contributed by atoms with Gasteiger partial charge in [0.2, 0.25) is 0 Å². The van der Waals surface area contributed by atoms with Crippen LogP contribution in [0.3, 0.4) is 0 Å². The molecular formula is C21H32O4. The maximum absolute atomic E-state index is 11.7. The number of carbonyl (C=O) groups is 2. The van der Waals surface area contributed by atoms with Gasteiger partial charge >= 0.3 is 11.9 Å². The molecule has 0 aliphatic heterocycles. The van der Waals surface area contributed by atoms with Gasteiger partial charge in [-0.05, 0) is 18.9 Å². The average Bonchev–Trinajstić information content (AvgIpc) is 2.61. The Labute approximate surface area is 151 Å². The van der Waals surface area contributed by atoms with Crippen molar-refractivity contribution in [2.24, 2.45) is 0 Å². The molecule has 1 rings (SSSR count). The SMILES string of the molecule is CCCCCCCCCOC(=O)CCC(=O)OCc1ccc(C)cc1. The number of esters is 2. The van der Waals surface area contributed by atoms with Crippen LogP contribution in [0.1, 0.15) is 75.8 Å². The fourth-order valence-corrected chi connectivity index (χ4v) is 2.44. The third-order valence-electron chi connectivity index (χ3n) is 4.06. The van der Waals surface area contributed by atoms with Gasteiger partial charge in [-0.1, -0.05) is 75.3 Å². The first-order chi connectivity index (χ1) is 12.1. The van der Waals surface area contributed by atoms with Crippen LogP contribution in [0.25, 0.3) is 0 Å². The van der Waals surface area contributed by atoms with Gasteiger partial charge in [-0.15, -0.1) is 0 Å². The molecule has 0 saturated heterocycles. The molecule has 0 aromatic heterocycles. The summed E-state index contributed by atoms with van der Waals surface area (Å²) >= 11 is 0. The van der Waals surface area contributed by atoms with Gasteiger partial charge in [0.05, 0.1) is 19.4 Å². The average molecular weight is 348 g/mol. The second-order valence-electron chi connectivity index (χ2n) is 6.49. The Bertz CT molecular complexity index is 493. The second kappa shape index (κ2) is 13.5. The first-order valence-electron chi connectivity index (χ1n) is 9.48. The first kappa shape index (κ1) is 21.2. The number of hydrogen-bond acceptors (Lipinski definition) is 4. The maximum atomic E-state index is 11.7. The monoisotopic (exact) mass is 348 g/mol. The number of hydrogen-bond donors (Lipinski definition) is 0. The van der Waals surface area contributed by atoms with Gasteiger partial charge < -0.3 is 9.47 Å². The molecule has 140 valence electrons. The summed E-state index contributed by atoms with van der Waals surface area (Å²) in [7, 11) is 0. The predicted molar refractivity (Wildman–Crippen MR) is 99.2 cm³/mol. The molecule has 0 bridgehead atoms. The van der Waals surface area contributed by atoms with Crippen LogP contribution in [-0.4, -0.2) is 18.5 Å². The summed E-state index contributed by atoms with van der Waals surface area (Å²) in [5.74, 6) is -0.688. The second-order valence-corrected chi connectivity index (χ2v) is 6.49. The molecule has 4 nitrogen and oxygen atoms in total. The summed E-state index contributed by atoms with van der Waals surface area (Å²) in [5.41, 5.74) is 2.11. The molecule has 0 heterocycles. The van der Waals surface area contributed by atoms with E-state index >= 15 is 0 Å². The van der Waals surface area contributed by atoms with Crippen molar-refractivity contribution in [2.75, 3.05) is 6.61 Å². The molecule has 0 spiro atoms. The Hall–Kier alpha value is -1.84.